The van der Waals surface area contributed by atoms with Crippen molar-refractivity contribution in [3.63, 3.8) is 0 Å². The quantitative estimate of drug-likeness (QED) is 0.0990. The molecule has 0 saturated heterocycles. The summed E-state index contributed by atoms with van der Waals surface area (Å²) in [6.45, 7) is 70.6. The summed E-state index contributed by atoms with van der Waals surface area (Å²) in [5.74, 6) is 0. The van der Waals surface area contributed by atoms with Crippen molar-refractivity contribution >= 4 is 153 Å². The fraction of sp³-hybridized carbons (Fsp3) is 0.600. The lowest BCUT2D eigenvalue weighted by molar-refractivity contribution is 1.65. The van der Waals surface area contributed by atoms with Crippen molar-refractivity contribution in [3.8, 4) is 0 Å². The summed E-state index contributed by atoms with van der Waals surface area (Å²) in [7, 11) is -19.9. The first kappa shape index (κ1) is 50.5. The highest BCUT2D eigenvalue weighted by atomic mass is 35.6. The molecule has 0 bridgehead atoms. The topological polar surface area (TPSA) is 0 Å². The maximum Gasteiger partial charge on any atom is 0.247 e. The first-order valence-electron chi connectivity index (χ1n) is 21.7. The van der Waals surface area contributed by atoms with Gasteiger partial charge in [0, 0.05) is 0 Å². The molecule has 0 aliphatic carbocycles. The van der Waals surface area contributed by atoms with Crippen LogP contribution in [-0.4, -0.2) is 80.0 Å². The Morgan fingerprint density at radius 3 is 0.518 bits per heavy atom. The molecule has 0 spiro atoms. The lowest BCUT2D eigenvalue weighted by Crippen LogP contribution is -2.83. The van der Waals surface area contributed by atoms with Crippen LogP contribution in [-0.2, 0) is 0 Å². The SMILES string of the molecule is C[Si](C)(C)c1cc([Si](C)(C)C)c([Si](C)(C)C)c([Si](Cl)(c2cc([Si](C)(C)C)cc([Si](C)(C)C)c2[Si](C)(C)C)c2cc([Si](C)(C)C)cc([Si](C)(C)C)c2[Si](C)(C)C)c1. The molecule has 0 amide bonds. The van der Waals surface area contributed by atoms with Crippen molar-refractivity contribution in [1.29, 1.82) is 0 Å². The fourth-order valence-corrected chi connectivity index (χ4v) is 40.3. The molecule has 3 aromatic rings. The first-order chi connectivity index (χ1) is 24.4. The molecule has 0 aromatic heterocycles. The minimum Gasteiger partial charge on any atom is -0.149 e. The van der Waals surface area contributed by atoms with Crippen LogP contribution in [0.2, 0.25) is 177 Å². The Balaban J connectivity index is 3.21. The molecule has 0 fully saturated rings. The van der Waals surface area contributed by atoms with Crippen LogP contribution in [0, 0.1) is 0 Å². The van der Waals surface area contributed by atoms with Gasteiger partial charge in [0.1, 0.15) is 0 Å². The van der Waals surface area contributed by atoms with E-state index >= 15 is 0 Å². The monoisotopic (exact) mass is 942 g/mol. The molecule has 0 heterocycles. The van der Waals surface area contributed by atoms with E-state index in [4.69, 9.17) is 0 Å². The van der Waals surface area contributed by atoms with E-state index in [1.54, 1.807) is 62.2 Å². The zero-order chi connectivity index (χ0) is 44.2. The van der Waals surface area contributed by atoms with E-state index in [1.165, 1.54) is 0 Å². The molecule has 0 aliphatic rings. The molecular formula is C45H87ClSi10. The predicted molar refractivity (Wildman–Crippen MR) is 297 cm³/mol. The van der Waals surface area contributed by atoms with E-state index in [9.17, 15) is 11.1 Å². The van der Waals surface area contributed by atoms with Gasteiger partial charge in [-0.2, -0.15) is 0 Å². The largest absolute Gasteiger partial charge is 0.247 e. The summed E-state index contributed by atoms with van der Waals surface area (Å²) < 4.78 is 0. The van der Waals surface area contributed by atoms with Gasteiger partial charge in [0.2, 0.25) is 7.38 Å². The number of halogens is 1. The van der Waals surface area contributed by atoms with Crippen LogP contribution >= 0.6 is 11.1 Å². The van der Waals surface area contributed by atoms with Crippen LogP contribution in [0.15, 0.2) is 36.4 Å². The Kier molecular flexibility index (Phi) is 14.0. The standard InChI is InChI=1S/C45H87ClSi10/c1-47(2,3)34-28-37(50(10,11)12)43(53(19,20)21)40(31-34)56(46,41-32-35(48(4,5)6)29-38(51(13,14)15)44(41)54(22,23)24)42-33-36(49(7,8)9)30-39(52(16,17)18)45(42)55(25,26)27/h28-33H,1-27H3. The van der Waals surface area contributed by atoms with E-state index in [1.807, 2.05) is 0 Å². The second-order valence-corrected chi connectivity index (χ2v) is 76.7. The third kappa shape index (κ3) is 10.6. The van der Waals surface area contributed by atoms with Gasteiger partial charge in [0.15, 0.2) is 0 Å². The summed E-state index contributed by atoms with van der Waals surface area (Å²) in [5.41, 5.74) is 0. The molecule has 0 nitrogen and oxygen atoms in total. The van der Waals surface area contributed by atoms with Crippen LogP contribution < -0.4 is 62.2 Å². The number of hydrogen-bond donors (Lipinski definition) is 0. The molecule has 0 radical (unpaired) electrons. The van der Waals surface area contributed by atoms with E-state index < -0.39 is 80.0 Å². The van der Waals surface area contributed by atoms with Gasteiger partial charge in [0.25, 0.3) is 0 Å². The third-order valence-electron chi connectivity index (χ3n) is 11.8. The van der Waals surface area contributed by atoms with Crippen molar-refractivity contribution in [1.82, 2.24) is 0 Å². The molecule has 0 aliphatic heterocycles. The molecule has 3 aromatic carbocycles. The van der Waals surface area contributed by atoms with Gasteiger partial charge in [0.05, 0.1) is 72.7 Å². The smallest absolute Gasteiger partial charge is 0.149 e. The molecule has 56 heavy (non-hydrogen) atoms. The average molecular weight is 945 g/mol. The van der Waals surface area contributed by atoms with E-state index in [0.717, 1.165) is 0 Å². The highest BCUT2D eigenvalue weighted by molar-refractivity contribution is 7.44. The van der Waals surface area contributed by atoms with Crippen molar-refractivity contribution in [2.24, 2.45) is 0 Å². The molecular weight excluding hydrogens is 857 g/mol. The second-order valence-electron chi connectivity index (χ2n) is 26.7. The summed E-state index contributed by atoms with van der Waals surface area (Å²) in [6.07, 6.45) is 0. The second kappa shape index (κ2) is 15.5. The average Bonchev–Trinajstić information content (AvgIpc) is 2.94. The van der Waals surface area contributed by atoms with Crippen molar-refractivity contribution in [3.05, 3.63) is 36.4 Å². The summed E-state index contributed by atoms with van der Waals surface area (Å²) in [5, 5.41) is 20.0. The Hall–Kier alpha value is 0.119. The molecule has 3 rings (SSSR count). The Bertz CT molecular complexity index is 1730. The predicted octanol–water partition coefficient (Wildman–Crippen LogP) is 7.80. The normalized spacial score (nSPS) is 14.8. The van der Waals surface area contributed by atoms with Crippen molar-refractivity contribution in [2.45, 2.75) is 177 Å². The molecule has 0 N–H and O–H groups in total. The Morgan fingerprint density at radius 1 is 0.232 bits per heavy atom. The van der Waals surface area contributed by atoms with Gasteiger partial charge in [-0.3, -0.25) is 0 Å². The minimum absolute atomic E-state index is 1.61. The van der Waals surface area contributed by atoms with Crippen molar-refractivity contribution < 1.29 is 0 Å². The van der Waals surface area contributed by atoms with Gasteiger partial charge < -0.3 is 0 Å². The van der Waals surface area contributed by atoms with Crippen LogP contribution in [0.3, 0.4) is 0 Å². The van der Waals surface area contributed by atoms with Gasteiger partial charge in [-0.15, -0.1) is 11.1 Å². The van der Waals surface area contributed by atoms with Crippen LogP contribution in [0.25, 0.3) is 0 Å². The summed E-state index contributed by atoms with van der Waals surface area (Å²) in [6, 6.07) is 16.6. The summed E-state index contributed by atoms with van der Waals surface area (Å²) in [4.78, 5) is 0. The molecule has 0 saturated carbocycles. The summed E-state index contributed by atoms with van der Waals surface area (Å²) >= 11 is 9.68. The van der Waals surface area contributed by atoms with Gasteiger partial charge in [-0.25, -0.2) is 0 Å². The lowest BCUT2D eigenvalue weighted by atomic mass is 10.3. The number of hydrogen-bond acceptors (Lipinski definition) is 0. The molecule has 0 atom stereocenters. The first-order valence-corrected chi connectivity index (χ1v) is 56.2. The van der Waals surface area contributed by atoms with E-state index in [2.05, 4.69) is 213 Å². The fourth-order valence-electron chi connectivity index (χ4n) is 8.67. The third-order valence-corrected chi connectivity index (χ3v) is 36.8. The van der Waals surface area contributed by atoms with Crippen LogP contribution in [0.1, 0.15) is 0 Å². The van der Waals surface area contributed by atoms with Gasteiger partial charge in [-0.1, -0.05) is 260 Å². The van der Waals surface area contributed by atoms with Crippen LogP contribution in [0.5, 0.6) is 0 Å². The van der Waals surface area contributed by atoms with Crippen molar-refractivity contribution in [2.75, 3.05) is 0 Å². The maximum absolute atomic E-state index is 9.68. The molecule has 0 unspecified atom stereocenters. The zero-order valence-electron chi connectivity index (χ0n) is 41.8. The minimum atomic E-state index is -3.29. The number of rotatable bonds is 12. The maximum atomic E-state index is 9.68. The van der Waals surface area contributed by atoms with Crippen LogP contribution in [0.4, 0.5) is 0 Å². The Labute approximate surface area is 363 Å². The molecule has 314 valence electrons. The lowest BCUT2D eigenvalue weighted by Gasteiger charge is -2.44. The van der Waals surface area contributed by atoms with Gasteiger partial charge >= 0.3 is 0 Å². The van der Waals surface area contributed by atoms with E-state index in [0.29, 0.717) is 0 Å². The van der Waals surface area contributed by atoms with Gasteiger partial charge in [-0.05, 0) is 15.6 Å². The number of benzene rings is 3. The van der Waals surface area contributed by atoms with E-state index in [-0.39, 0.29) is 0 Å². The Morgan fingerprint density at radius 2 is 0.393 bits per heavy atom. The highest BCUT2D eigenvalue weighted by Crippen LogP contribution is 2.21. The molecule has 11 heteroatoms. The zero-order valence-corrected chi connectivity index (χ0v) is 52.6. The highest BCUT2D eigenvalue weighted by Gasteiger charge is 2.51.